The minimum atomic E-state index is 0.441. The summed E-state index contributed by atoms with van der Waals surface area (Å²) in [5.41, 5.74) is 8.20. The lowest BCUT2D eigenvalue weighted by molar-refractivity contribution is 1.47. The Kier molecular flexibility index (Phi) is 3.10. The third-order valence-corrected chi connectivity index (χ3v) is 2.32. The zero-order chi connectivity index (χ0) is 12.1. The number of hydrogen-bond acceptors (Lipinski definition) is 2. The van der Waals surface area contributed by atoms with Crippen molar-refractivity contribution < 1.29 is 0 Å². The van der Waals surface area contributed by atoms with Crippen LogP contribution in [0.25, 0.3) is 0 Å². The Balaban J connectivity index is 2.42. The largest absolute Gasteiger partial charge is 0.398 e. The number of nitrogens with zero attached hydrogens (tertiary/aromatic N) is 1. The number of nitrogen functional groups attached to an aromatic ring is 1. The Morgan fingerprint density at radius 3 is 2.35 bits per heavy atom. The number of rotatable bonds is 0. The van der Waals surface area contributed by atoms with Crippen LogP contribution < -0.4 is 5.73 Å². The van der Waals surface area contributed by atoms with Crippen LogP contribution in [0, 0.1) is 23.2 Å². The highest BCUT2D eigenvalue weighted by Gasteiger charge is 2.01. The molecule has 0 radical (unpaired) electrons. The number of hydrogen-bond donors (Lipinski definition) is 1. The highest BCUT2D eigenvalue weighted by Crippen LogP contribution is 2.14. The molecule has 2 N–H and O–H groups in total. The van der Waals surface area contributed by atoms with Gasteiger partial charge in [0, 0.05) is 11.1 Å². The maximum atomic E-state index is 9.00. The molecule has 0 amide bonds. The highest BCUT2D eigenvalue weighted by atomic mass is 14.6. The summed E-state index contributed by atoms with van der Waals surface area (Å²) in [5, 5.41) is 9.00. The maximum absolute atomic E-state index is 9.00. The second-order valence-electron chi connectivity index (χ2n) is 3.50. The molecule has 0 fully saturated rings. The van der Waals surface area contributed by atoms with Gasteiger partial charge in [0.05, 0.1) is 11.3 Å². The van der Waals surface area contributed by atoms with Crippen LogP contribution in [0.15, 0.2) is 48.5 Å². The number of anilines is 1. The fourth-order valence-corrected chi connectivity index (χ4v) is 1.46. The first-order valence-corrected chi connectivity index (χ1v) is 5.17. The van der Waals surface area contributed by atoms with Gasteiger partial charge in [-0.15, -0.1) is 0 Å². The molecule has 0 aliphatic heterocycles. The van der Waals surface area contributed by atoms with Crippen molar-refractivity contribution in [3.05, 3.63) is 65.2 Å². The van der Waals surface area contributed by atoms with Gasteiger partial charge in [-0.05, 0) is 24.3 Å². The van der Waals surface area contributed by atoms with Crippen LogP contribution in [0.1, 0.15) is 16.7 Å². The molecule has 0 aliphatic rings. The Morgan fingerprint density at radius 2 is 1.65 bits per heavy atom. The van der Waals surface area contributed by atoms with E-state index in [1.807, 2.05) is 30.3 Å². The standard InChI is InChI=1S/C15H10N2/c16-11-14-13(7-4-8-15(14)17)10-9-12-5-2-1-3-6-12/h1-8H,17H2. The van der Waals surface area contributed by atoms with Crippen molar-refractivity contribution in [2.75, 3.05) is 5.73 Å². The van der Waals surface area contributed by atoms with E-state index in [2.05, 4.69) is 17.9 Å². The number of benzene rings is 2. The second kappa shape index (κ2) is 4.88. The monoisotopic (exact) mass is 218 g/mol. The molecule has 0 aromatic heterocycles. The minimum Gasteiger partial charge on any atom is -0.398 e. The number of nitrogens with two attached hydrogens (primary N) is 1. The molecular formula is C15H10N2. The van der Waals surface area contributed by atoms with Gasteiger partial charge in [0.1, 0.15) is 6.07 Å². The van der Waals surface area contributed by atoms with Gasteiger partial charge >= 0.3 is 0 Å². The van der Waals surface area contributed by atoms with E-state index in [0.29, 0.717) is 16.8 Å². The SMILES string of the molecule is N#Cc1c(N)cccc1C#Cc1ccccc1. The van der Waals surface area contributed by atoms with Crippen LogP contribution in [-0.2, 0) is 0 Å². The van der Waals surface area contributed by atoms with Crippen molar-refractivity contribution in [3.63, 3.8) is 0 Å². The summed E-state index contributed by atoms with van der Waals surface area (Å²) in [4.78, 5) is 0. The minimum absolute atomic E-state index is 0.441. The summed E-state index contributed by atoms with van der Waals surface area (Å²) >= 11 is 0. The predicted molar refractivity (Wildman–Crippen MR) is 68.0 cm³/mol. The molecule has 2 heteroatoms. The fraction of sp³-hybridized carbons (Fsp3) is 0. The molecule has 0 aliphatic carbocycles. The quantitative estimate of drug-likeness (QED) is 0.545. The predicted octanol–water partition coefficient (Wildman–Crippen LogP) is 2.54. The summed E-state index contributed by atoms with van der Waals surface area (Å²) in [5.74, 6) is 5.98. The molecule has 2 rings (SSSR count). The average molecular weight is 218 g/mol. The van der Waals surface area contributed by atoms with E-state index in [9.17, 15) is 0 Å². The van der Waals surface area contributed by atoms with Gasteiger partial charge in [0.15, 0.2) is 0 Å². The molecule has 2 aromatic carbocycles. The molecule has 2 aromatic rings. The lowest BCUT2D eigenvalue weighted by atomic mass is 10.1. The average Bonchev–Trinajstić information content (AvgIpc) is 2.37. The summed E-state index contributed by atoms with van der Waals surface area (Å²) in [6, 6.07) is 17.0. The van der Waals surface area contributed by atoms with Crippen molar-refractivity contribution in [2.45, 2.75) is 0 Å². The van der Waals surface area contributed by atoms with E-state index in [1.54, 1.807) is 18.2 Å². The van der Waals surface area contributed by atoms with Gasteiger partial charge in [-0.2, -0.15) is 5.26 Å². The van der Waals surface area contributed by atoms with Gasteiger partial charge < -0.3 is 5.73 Å². The molecule has 0 atom stereocenters. The van der Waals surface area contributed by atoms with E-state index in [0.717, 1.165) is 5.56 Å². The molecule has 2 nitrogen and oxygen atoms in total. The molecular weight excluding hydrogens is 208 g/mol. The molecule has 17 heavy (non-hydrogen) atoms. The fourth-order valence-electron chi connectivity index (χ4n) is 1.46. The smallest absolute Gasteiger partial charge is 0.103 e. The topological polar surface area (TPSA) is 49.8 Å². The van der Waals surface area contributed by atoms with Crippen LogP contribution in [0.3, 0.4) is 0 Å². The lowest BCUT2D eigenvalue weighted by Crippen LogP contribution is -1.92. The Morgan fingerprint density at radius 1 is 0.882 bits per heavy atom. The molecule has 0 bridgehead atoms. The lowest BCUT2D eigenvalue weighted by Gasteiger charge is -1.98. The highest BCUT2D eigenvalue weighted by molar-refractivity contribution is 5.63. The zero-order valence-electron chi connectivity index (χ0n) is 9.14. The van der Waals surface area contributed by atoms with Crippen LogP contribution >= 0.6 is 0 Å². The van der Waals surface area contributed by atoms with E-state index in [4.69, 9.17) is 11.0 Å². The second-order valence-corrected chi connectivity index (χ2v) is 3.50. The van der Waals surface area contributed by atoms with E-state index < -0.39 is 0 Å². The third-order valence-electron chi connectivity index (χ3n) is 2.32. The first-order valence-electron chi connectivity index (χ1n) is 5.17. The van der Waals surface area contributed by atoms with Gasteiger partial charge in [-0.1, -0.05) is 36.1 Å². The van der Waals surface area contributed by atoms with E-state index in [1.165, 1.54) is 0 Å². The summed E-state index contributed by atoms with van der Waals surface area (Å²) < 4.78 is 0. The Bertz CT molecular complexity index is 625. The molecule has 0 saturated heterocycles. The molecule has 0 heterocycles. The zero-order valence-corrected chi connectivity index (χ0v) is 9.14. The van der Waals surface area contributed by atoms with Crippen molar-refractivity contribution in [1.82, 2.24) is 0 Å². The van der Waals surface area contributed by atoms with Gasteiger partial charge in [0.25, 0.3) is 0 Å². The summed E-state index contributed by atoms with van der Waals surface area (Å²) in [6.07, 6.45) is 0. The van der Waals surface area contributed by atoms with Gasteiger partial charge in [-0.3, -0.25) is 0 Å². The van der Waals surface area contributed by atoms with Gasteiger partial charge in [0.2, 0.25) is 0 Å². The van der Waals surface area contributed by atoms with Gasteiger partial charge in [-0.25, -0.2) is 0 Å². The van der Waals surface area contributed by atoms with Crippen LogP contribution in [0.4, 0.5) is 5.69 Å². The normalized spacial score (nSPS) is 8.88. The van der Waals surface area contributed by atoms with E-state index in [-0.39, 0.29) is 0 Å². The summed E-state index contributed by atoms with van der Waals surface area (Å²) in [6.45, 7) is 0. The molecule has 0 spiro atoms. The van der Waals surface area contributed by atoms with Crippen LogP contribution in [0.2, 0.25) is 0 Å². The maximum Gasteiger partial charge on any atom is 0.103 e. The van der Waals surface area contributed by atoms with Crippen molar-refractivity contribution in [2.24, 2.45) is 0 Å². The molecule has 80 valence electrons. The Hall–Kier alpha value is -2.71. The van der Waals surface area contributed by atoms with Crippen molar-refractivity contribution in [3.8, 4) is 17.9 Å². The molecule has 0 saturated carbocycles. The number of nitriles is 1. The van der Waals surface area contributed by atoms with Crippen LogP contribution in [0.5, 0.6) is 0 Å². The van der Waals surface area contributed by atoms with Crippen LogP contribution in [-0.4, -0.2) is 0 Å². The third kappa shape index (κ3) is 2.45. The molecule has 0 unspecified atom stereocenters. The van der Waals surface area contributed by atoms with Crippen molar-refractivity contribution >= 4 is 5.69 Å². The Labute approximate surface area is 100 Å². The van der Waals surface area contributed by atoms with Crippen molar-refractivity contribution in [1.29, 1.82) is 5.26 Å². The van der Waals surface area contributed by atoms with E-state index >= 15 is 0 Å². The first-order chi connectivity index (χ1) is 8.31. The first kappa shape index (κ1) is 10.8. The summed E-state index contributed by atoms with van der Waals surface area (Å²) in [7, 11) is 0.